The number of hydrogen-bond donors (Lipinski definition) is 0. The number of aromatic nitrogens is 1. The minimum Gasteiger partial charge on any atom is -0.336 e. The zero-order valence-electron chi connectivity index (χ0n) is 13.8. The lowest BCUT2D eigenvalue weighted by Crippen LogP contribution is -2.49. The van der Waals surface area contributed by atoms with Gasteiger partial charge in [-0.15, -0.1) is 0 Å². The van der Waals surface area contributed by atoms with Crippen LogP contribution in [0.3, 0.4) is 0 Å². The molecule has 1 fully saturated rings. The molecule has 0 aliphatic carbocycles. The molecule has 1 amide bonds. The molecule has 1 saturated heterocycles. The molecular formula is C18H18F3N3O. The van der Waals surface area contributed by atoms with Gasteiger partial charge in [-0.3, -0.25) is 14.7 Å². The zero-order valence-corrected chi connectivity index (χ0v) is 13.8. The van der Waals surface area contributed by atoms with Gasteiger partial charge in [-0.05, 0) is 19.1 Å². The fourth-order valence-electron chi connectivity index (χ4n) is 3.07. The summed E-state index contributed by atoms with van der Waals surface area (Å²) in [6, 6.07) is 4.67. The van der Waals surface area contributed by atoms with Gasteiger partial charge < -0.3 is 4.90 Å². The van der Waals surface area contributed by atoms with Gasteiger partial charge in [0, 0.05) is 50.0 Å². The van der Waals surface area contributed by atoms with Gasteiger partial charge in [-0.1, -0.05) is 6.07 Å². The Morgan fingerprint density at radius 2 is 1.80 bits per heavy atom. The first-order valence-electron chi connectivity index (χ1n) is 8.05. The Morgan fingerprint density at radius 1 is 1.08 bits per heavy atom. The van der Waals surface area contributed by atoms with E-state index in [1.54, 1.807) is 4.90 Å². The van der Waals surface area contributed by atoms with Crippen molar-refractivity contribution in [3.63, 3.8) is 0 Å². The van der Waals surface area contributed by atoms with E-state index in [4.69, 9.17) is 0 Å². The standard InChI is InChI=1S/C18H18F3N3O/c1-12(14-3-2-13(19)10-16(14)20)23-6-8-24(9-7-23)18(25)15-4-5-22-11-17(15)21/h2-5,10-12H,6-9H2,1H3/t12-/m0/s1. The molecule has 1 aliphatic rings. The maximum absolute atomic E-state index is 13.9. The van der Waals surface area contributed by atoms with E-state index in [0.29, 0.717) is 31.7 Å². The second-order valence-electron chi connectivity index (χ2n) is 6.03. The molecule has 2 heterocycles. The van der Waals surface area contributed by atoms with Crippen LogP contribution in [-0.2, 0) is 0 Å². The summed E-state index contributed by atoms with van der Waals surface area (Å²) in [7, 11) is 0. The van der Waals surface area contributed by atoms with Crippen molar-refractivity contribution in [3.8, 4) is 0 Å². The number of piperazine rings is 1. The highest BCUT2D eigenvalue weighted by atomic mass is 19.1. The Balaban J connectivity index is 1.65. The molecule has 132 valence electrons. The van der Waals surface area contributed by atoms with Crippen LogP contribution in [0.15, 0.2) is 36.7 Å². The Hall–Kier alpha value is -2.41. The molecule has 1 atom stereocenters. The van der Waals surface area contributed by atoms with Crippen molar-refractivity contribution in [1.29, 1.82) is 0 Å². The maximum atomic E-state index is 13.9. The molecule has 0 spiro atoms. The van der Waals surface area contributed by atoms with Crippen molar-refractivity contribution < 1.29 is 18.0 Å². The largest absolute Gasteiger partial charge is 0.336 e. The Morgan fingerprint density at radius 3 is 2.44 bits per heavy atom. The lowest BCUT2D eigenvalue weighted by molar-refractivity contribution is 0.0574. The summed E-state index contributed by atoms with van der Waals surface area (Å²) < 4.78 is 40.7. The highest BCUT2D eigenvalue weighted by Gasteiger charge is 2.27. The van der Waals surface area contributed by atoms with Gasteiger partial charge in [-0.2, -0.15) is 0 Å². The average Bonchev–Trinajstić information content (AvgIpc) is 2.61. The summed E-state index contributed by atoms with van der Waals surface area (Å²) in [5, 5.41) is 0. The van der Waals surface area contributed by atoms with Crippen molar-refractivity contribution in [3.05, 3.63) is 65.2 Å². The fourth-order valence-corrected chi connectivity index (χ4v) is 3.07. The Labute approximate surface area is 143 Å². The SMILES string of the molecule is C[C@@H](c1ccc(F)cc1F)N1CCN(C(=O)c2ccncc2F)CC1. The number of amides is 1. The maximum Gasteiger partial charge on any atom is 0.257 e. The van der Waals surface area contributed by atoms with Crippen LogP contribution in [0.25, 0.3) is 0 Å². The molecule has 0 bridgehead atoms. The highest BCUT2D eigenvalue weighted by molar-refractivity contribution is 5.94. The number of carbonyl (C=O) groups is 1. The smallest absolute Gasteiger partial charge is 0.257 e. The quantitative estimate of drug-likeness (QED) is 0.855. The predicted octanol–water partition coefficient (Wildman–Crippen LogP) is 3.02. The van der Waals surface area contributed by atoms with Crippen molar-refractivity contribution in [2.45, 2.75) is 13.0 Å². The summed E-state index contributed by atoms with van der Waals surface area (Å²) in [6.45, 7) is 3.71. The molecule has 1 aromatic carbocycles. The molecular weight excluding hydrogens is 331 g/mol. The number of halogens is 3. The van der Waals surface area contributed by atoms with Crippen LogP contribution in [0.5, 0.6) is 0 Å². The molecule has 7 heteroatoms. The van der Waals surface area contributed by atoms with Gasteiger partial charge in [0.2, 0.25) is 0 Å². The Bertz CT molecular complexity index is 776. The molecule has 25 heavy (non-hydrogen) atoms. The summed E-state index contributed by atoms with van der Waals surface area (Å²) in [6.07, 6.45) is 2.40. The summed E-state index contributed by atoms with van der Waals surface area (Å²) in [4.78, 5) is 19.6. The van der Waals surface area contributed by atoms with Crippen molar-refractivity contribution in [2.24, 2.45) is 0 Å². The number of carbonyl (C=O) groups excluding carboxylic acids is 1. The normalized spacial score (nSPS) is 16.7. The van der Waals surface area contributed by atoms with Crippen LogP contribution in [0.1, 0.15) is 28.9 Å². The van der Waals surface area contributed by atoms with Crippen molar-refractivity contribution in [1.82, 2.24) is 14.8 Å². The van der Waals surface area contributed by atoms with Crippen molar-refractivity contribution in [2.75, 3.05) is 26.2 Å². The molecule has 2 aromatic rings. The molecule has 0 unspecified atom stereocenters. The van der Waals surface area contributed by atoms with Crippen LogP contribution in [-0.4, -0.2) is 46.9 Å². The molecule has 1 aliphatic heterocycles. The third-order valence-corrected chi connectivity index (χ3v) is 4.56. The molecule has 3 rings (SSSR count). The average molecular weight is 349 g/mol. The van der Waals surface area contributed by atoms with Crippen LogP contribution in [0, 0.1) is 17.5 Å². The number of pyridine rings is 1. The topological polar surface area (TPSA) is 36.4 Å². The third-order valence-electron chi connectivity index (χ3n) is 4.56. The van der Waals surface area contributed by atoms with E-state index in [-0.39, 0.29) is 17.5 Å². The first-order chi connectivity index (χ1) is 12.0. The van der Waals surface area contributed by atoms with Crippen LogP contribution >= 0.6 is 0 Å². The van der Waals surface area contributed by atoms with Crippen LogP contribution in [0.4, 0.5) is 13.2 Å². The summed E-state index contributed by atoms with van der Waals surface area (Å²) in [5.41, 5.74) is 0.419. The van der Waals surface area contributed by atoms with Gasteiger partial charge in [-0.25, -0.2) is 13.2 Å². The monoisotopic (exact) mass is 349 g/mol. The fraction of sp³-hybridized carbons (Fsp3) is 0.333. The molecule has 0 N–H and O–H groups in total. The first-order valence-corrected chi connectivity index (χ1v) is 8.05. The molecule has 1 aromatic heterocycles. The molecule has 4 nitrogen and oxygen atoms in total. The van der Waals surface area contributed by atoms with E-state index in [9.17, 15) is 18.0 Å². The number of rotatable bonds is 3. The lowest BCUT2D eigenvalue weighted by Gasteiger charge is -2.38. The highest BCUT2D eigenvalue weighted by Crippen LogP contribution is 2.25. The van der Waals surface area contributed by atoms with E-state index in [1.165, 1.54) is 24.4 Å². The minimum atomic E-state index is -0.642. The number of benzene rings is 1. The van der Waals surface area contributed by atoms with E-state index < -0.39 is 17.5 Å². The Kier molecular flexibility index (Phi) is 5.03. The lowest BCUT2D eigenvalue weighted by atomic mass is 10.0. The second kappa shape index (κ2) is 7.23. The predicted molar refractivity (Wildman–Crippen MR) is 86.4 cm³/mol. The second-order valence-corrected chi connectivity index (χ2v) is 6.03. The molecule has 0 radical (unpaired) electrons. The van der Waals surface area contributed by atoms with E-state index in [0.717, 1.165) is 12.3 Å². The first kappa shape index (κ1) is 17.4. The molecule has 0 saturated carbocycles. The van der Waals surface area contributed by atoms with E-state index in [1.807, 2.05) is 11.8 Å². The van der Waals surface area contributed by atoms with E-state index in [2.05, 4.69) is 4.98 Å². The van der Waals surface area contributed by atoms with Crippen LogP contribution in [0.2, 0.25) is 0 Å². The van der Waals surface area contributed by atoms with Crippen LogP contribution < -0.4 is 0 Å². The zero-order chi connectivity index (χ0) is 18.0. The summed E-state index contributed by atoms with van der Waals surface area (Å²) in [5.74, 6) is -2.20. The minimum absolute atomic E-state index is 0.000998. The van der Waals surface area contributed by atoms with Crippen molar-refractivity contribution >= 4 is 5.91 Å². The van der Waals surface area contributed by atoms with Gasteiger partial charge in [0.05, 0.1) is 11.8 Å². The van der Waals surface area contributed by atoms with Gasteiger partial charge >= 0.3 is 0 Å². The van der Waals surface area contributed by atoms with Gasteiger partial charge in [0.1, 0.15) is 11.6 Å². The van der Waals surface area contributed by atoms with Gasteiger partial charge in [0.25, 0.3) is 5.91 Å². The van der Waals surface area contributed by atoms with E-state index >= 15 is 0 Å². The van der Waals surface area contributed by atoms with Gasteiger partial charge in [0.15, 0.2) is 5.82 Å². The summed E-state index contributed by atoms with van der Waals surface area (Å²) >= 11 is 0. The third kappa shape index (κ3) is 3.66. The number of hydrogen-bond acceptors (Lipinski definition) is 3. The number of nitrogens with zero attached hydrogens (tertiary/aromatic N) is 3.